The summed E-state index contributed by atoms with van der Waals surface area (Å²) in [6, 6.07) is 7.75. The van der Waals surface area contributed by atoms with Crippen LogP contribution in [0.3, 0.4) is 0 Å². The van der Waals surface area contributed by atoms with E-state index in [1.54, 1.807) is 6.08 Å². The van der Waals surface area contributed by atoms with Crippen molar-refractivity contribution in [3.8, 4) is 0 Å². The second kappa shape index (κ2) is 5.03. The van der Waals surface area contributed by atoms with Crippen molar-refractivity contribution in [2.75, 3.05) is 0 Å². The van der Waals surface area contributed by atoms with Crippen molar-refractivity contribution in [2.24, 2.45) is 0 Å². The third kappa shape index (κ3) is 2.65. The maximum Gasteiger partial charge on any atom is 0.161 e. The van der Waals surface area contributed by atoms with E-state index in [1.807, 2.05) is 45.0 Å². The van der Waals surface area contributed by atoms with Gasteiger partial charge >= 0.3 is 0 Å². The first-order chi connectivity index (χ1) is 9.87. The molecule has 0 amide bonds. The van der Waals surface area contributed by atoms with Gasteiger partial charge in [-0.1, -0.05) is 23.7 Å². The molecular weight excluding hydrogens is 287 g/mol. The van der Waals surface area contributed by atoms with Gasteiger partial charge in [0.2, 0.25) is 0 Å². The summed E-state index contributed by atoms with van der Waals surface area (Å²) >= 11 is 5.96. The number of hydrogen-bond acceptors (Lipinski definition) is 1. The van der Waals surface area contributed by atoms with Crippen LogP contribution in [0.5, 0.6) is 0 Å². The molecule has 3 rings (SSSR count). The van der Waals surface area contributed by atoms with Crippen molar-refractivity contribution in [2.45, 2.75) is 38.7 Å². The van der Waals surface area contributed by atoms with Gasteiger partial charge in [0.15, 0.2) is 11.6 Å². The van der Waals surface area contributed by atoms with Crippen molar-refractivity contribution < 1.29 is 9.13 Å². The number of ether oxygens (including phenoxy) is 1. The molecule has 3 heteroatoms. The van der Waals surface area contributed by atoms with Crippen LogP contribution in [0.25, 0.3) is 0 Å². The molecule has 0 spiro atoms. The van der Waals surface area contributed by atoms with Gasteiger partial charge in [0.25, 0.3) is 0 Å². The SMILES string of the molecule is CC1=CC(C)(C)OC2=C1[C@@H](c1ccc(Cl)cc1)CC=C2F. The molecule has 1 nitrogen and oxygen atoms in total. The van der Waals surface area contributed by atoms with Crippen LogP contribution in [0, 0.1) is 0 Å². The fourth-order valence-corrected chi connectivity index (χ4v) is 3.29. The smallest absolute Gasteiger partial charge is 0.161 e. The fourth-order valence-electron chi connectivity index (χ4n) is 3.17. The first kappa shape index (κ1) is 14.4. The summed E-state index contributed by atoms with van der Waals surface area (Å²) in [7, 11) is 0. The molecular formula is C18H18ClFO. The topological polar surface area (TPSA) is 9.23 Å². The summed E-state index contributed by atoms with van der Waals surface area (Å²) in [5, 5.41) is 0.707. The molecule has 1 aromatic carbocycles. The van der Waals surface area contributed by atoms with Crippen molar-refractivity contribution in [3.63, 3.8) is 0 Å². The lowest BCUT2D eigenvalue weighted by Crippen LogP contribution is -2.29. The van der Waals surface area contributed by atoms with Crippen molar-refractivity contribution in [3.05, 3.63) is 69.7 Å². The zero-order valence-corrected chi connectivity index (χ0v) is 13.2. The van der Waals surface area contributed by atoms with Crippen LogP contribution in [0.15, 0.2) is 59.1 Å². The minimum Gasteiger partial charge on any atom is -0.480 e. The predicted octanol–water partition coefficient (Wildman–Crippen LogP) is 5.69. The van der Waals surface area contributed by atoms with Crippen molar-refractivity contribution >= 4 is 11.6 Å². The number of allylic oxidation sites excluding steroid dienone is 4. The quantitative estimate of drug-likeness (QED) is 0.647. The van der Waals surface area contributed by atoms with E-state index in [-0.39, 0.29) is 11.7 Å². The monoisotopic (exact) mass is 304 g/mol. The van der Waals surface area contributed by atoms with Gasteiger partial charge in [-0.05, 0) is 62.6 Å². The molecule has 0 unspecified atom stereocenters. The minimum absolute atomic E-state index is 0.115. The number of benzene rings is 1. The van der Waals surface area contributed by atoms with E-state index in [0.29, 0.717) is 17.2 Å². The minimum atomic E-state index is -0.476. The van der Waals surface area contributed by atoms with Crippen molar-refractivity contribution in [1.82, 2.24) is 0 Å². The third-order valence-corrected chi connectivity index (χ3v) is 4.22. The van der Waals surface area contributed by atoms with E-state index < -0.39 is 5.60 Å². The molecule has 110 valence electrons. The predicted molar refractivity (Wildman–Crippen MR) is 83.9 cm³/mol. The van der Waals surface area contributed by atoms with Gasteiger partial charge in [-0.15, -0.1) is 0 Å². The van der Waals surface area contributed by atoms with Crippen LogP contribution in [-0.4, -0.2) is 5.60 Å². The van der Waals surface area contributed by atoms with Gasteiger partial charge in [-0.25, -0.2) is 4.39 Å². The molecule has 0 fully saturated rings. The van der Waals surface area contributed by atoms with E-state index in [2.05, 4.69) is 6.08 Å². The van der Waals surface area contributed by atoms with Gasteiger partial charge in [-0.2, -0.15) is 0 Å². The highest BCUT2D eigenvalue weighted by atomic mass is 35.5. The lowest BCUT2D eigenvalue weighted by atomic mass is 9.78. The Bertz CT molecular complexity index is 665. The lowest BCUT2D eigenvalue weighted by molar-refractivity contribution is 0.0684. The summed E-state index contributed by atoms with van der Waals surface area (Å²) in [6.45, 7) is 5.92. The summed E-state index contributed by atoms with van der Waals surface area (Å²) < 4.78 is 20.1. The van der Waals surface area contributed by atoms with E-state index in [0.717, 1.165) is 16.7 Å². The lowest BCUT2D eigenvalue weighted by Gasteiger charge is -2.36. The van der Waals surface area contributed by atoms with Crippen molar-refractivity contribution in [1.29, 1.82) is 0 Å². The van der Waals surface area contributed by atoms with Crippen LogP contribution in [0.1, 0.15) is 38.7 Å². The Morgan fingerprint density at radius 2 is 1.90 bits per heavy atom. The highest BCUT2D eigenvalue weighted by molar-refractivity contribution is 6.30. The largest absolute Gasteiger partial charge is 0.480 e. The Kier molecular flexibility index (Phi) is 3.45. The number of hydrogen-bond donors (Lipinski definition) is 0. The zero-order chi connectivity index (χ0) is 15.2. The maximum atomic E-state index is 14.2. The Balaban J connectivity index is 2.08. The van der Waals surface area contributed by atoms with Crippen LogP contribution < -0.4 is 0 Å². The average Bonchev–Trinajstić information content (AvgIpc) is 2.40. The molecule has 0 N–H and O–H groups in total. The molecule has 0 radical (unpaired) electrons. The molecule has 0 bridgehead atoms. The molecule has 1 aliphatic carbocycles. The Morgan fingerprint density at radius 1 is 1.24 bits per heavy atom. The highest BCUT2D eigenvalue weighted by Gasteiger charge is 2.35. The second-order valence-corrected chi connectivity index (χ2v) is 6.60. The first-order valence-corrected chi connectivity index (χ1v) is 7.50. The van der Waals surface area contributed by atoms with Gasteiger partial charge in [0.05, 0.1) is 0 Å². The van der Waals surface area contributed by atoms with Gasteiger partial charge in [0, 0.05) is 16.5 Å². The maximum absolute atomic E-state index is 14.2. The first-order valence-electron chi connectivity index (χ1n) is 7.12. The van der Waals surface area contributed by atoms with Crippen LogP contribution in [-0.2, 0) is 4.74 Å². The Hall–Kier alpha value is -1.54. The summed E-state index contributed by atoms with van der Waals surface area (Å²) in [5.74, 6) is 0.256. The van der Waals surface area contributed by atoms with E-state index >= 15 is 0 Å². The summed E-state index contributed by atoms with van der Waals surface area (Å²) in [5.41, 5.74) is 2.70. The molecule has 1 aromatic rings. The molecule has 0 saturated carbocycles. The third-order valence-electron chi connectivity index (χ3n) is 3.97. The molecule has 1 atom stereocenters. The zero-order valence-electron chi connectivity index (χ0n) is 12.4. The average molecular weight is 305 g/mol. The van der Waals surface area contributed by atoms with Crippen LogP contribution in [0.4, 0.5) is 4.39 Å². The fraction of sp³-hybridized carbons (Fsp3) is 0.333. The highest BCUT2D eigenvalue weighted by Crippen LogP contribution is 2.46. The molecule has 1 heterocycles. The molecule has 1 aliphatic heterocycles. The summed E-state index contributed by atoms with van der Waals surface area (Å²) in [4.78, 5) is 0. The van der Waals surface area contributed by atoms with Gasteiger partial charge < -0.3 is 4.74 Å². The standard InChI is InChI=1S/C18H18ClFO/c1-11-10-18(2,3)21-17-15(20)9-8-14(16(11)17)12-4-6-13(19)7-5-12/h4-7,9-10,14H,8H2,1-3H3/t14-/m1/s1. The molecule has 2 aliphatic rings. The molecule has 21 heavy (non-hydrogen) atoms. The number of halogens is 2. The Labute approximate surface area is 129 Å². The number of rotatable bonds is 1. The van der Waals surface area contributed by atoms with Gasteiger partial charge in [-0.3, -0.25) is 0 Å². The summed E-state index contributed by atoms with van der Waals surface area (Å²) in [6.07, 6.45) is 4.32. The normalized spacial score (nSPS) is 24.0. The van der Waals surface area contributed by atoms with E-state index in [4.69, 9.17) is 16.3 Å². The van der Waals surface area contributed by atoms with Gasteiger partial charge in [0.1, 0.15) is 5.60 Å². The van der Waals surface area contributed by atoms with E-state index in [9.17, 15) is 4.39 Å². The van der Waals surface area contributed by atoms with Crippen LogP contribution >= 0.6 is 11.6 Å². The van der Waals surface area contributed by atoms with E-state index in [1.165, 1.54) is 0 Å². The molecule has 0 aromatic heterocycles. The van der Waals surface area contributed by atoms with Crippen LogP contribution in [0.2, 0.25) is 5.02 Å². The molecule has 0 saturated heterocycles. The second-order valence-electron chi connectivity index (χ2n) is 6.17. The Morgan fingerprint density at radius 3 is 2.57 bits per heavy atom.